The van der Waals surface area contributed by atoms with E-state index in [0.29, 0.717) is 18.7 Å². The number of sulfonamides is 1. The molecule has 0 N–H and O–H groups in total. The number of benzene rings is 1. The third-order valence-electron chi connectivity index (χ3n) is 2.79. The molecule has 0 radical (unpaired) electrons. The molecule has 3 nitrogen and oxygen atoms in total. The van der Waals surface area contributed by atoms with Crippen molar-refractivity contribution in [2.75, 3.05) is 13.1 Å². The van der Waals surface area contributed by atoms with Crippen LogP contribution in [-0.2, 0) is 15.8 Å². The van der Waals surface area contributed by atoms with E-state index >= 15 is 0 Å². The lowest BCUT2D eigenvalue weighted by atomic mass is 10.2. The third kappa shape index (κ3) is 2.97. The van der Waals surface area contributed by atoms with Crippen molar-refractivity contribution < 1.29 is 12.8 Å². The van der Waals surface area contributed by atoms with E-state index < -0.39 is 15.8 Å². The van der Waals surface area contributed by atoms with Crippen molar-refractivity contribution >= 4 is 21.6 Å². The second-order valence-corrected chi connectivity index (χ2v) is 6.49. The number of halogens is 2. The van der Waals surface area contributed by atoms with E-state index in [2.05, 4.69) is 0 Å². The van der Waals surface area contributed by atoms with Crippen LogP contribution in [0.4, 0.5) is 4.39 Å². The lowest BCUT2D eigenvalue weighted by molar-refractivity contribution is 0.476. The molecular weight excluding hydrogens is 265 g/mol. The molecule has 0 aromatic heterocycles. The summed E-state index contributed by atoms with van der Waals surface area (Å²) in [5.74, 6) is -0.651. The van der Waals surface area contributed by atoms with Crippen molar-refractivity contribution in [1.82, 2.24) is 4.31 Å². The predicted molar refractivity (Wildman–Crippen MR) is 64.8 cm³/mol. The van der Waals surface area contributed by atoms with Gasteiger partial charge in [-0.1, -0.05) is 17.7 Å². The van der Waals surface area contributed by atoms with Crippen LogP contribution in [-0.4, -0.2) is 25.8 Å². The van der Waals surface area contributed by atoms with Gasteiger partial charge in [-0.2, -0.15) is 0 Å². The van der Waals surface area contributed by atoms with Crippen LogP contribution in [0.25, 0.3) is 0 Å². The molecule has 1 heterocycles. The molecule has 0 atom stereocenters. The van der Waals surface area contributed by atoms with Gasteiger partial charge < -0.3 is 0 Å². The molecule has 6 heteroatoms. The van der Waals surface area contributed by atoms with E-state index in [1.807, 2.05) is 0 Å². The fourth-order valence-corrected chi connectivity index (χ4v) is 3.70. The summed E-state index contributed by atoms with van der Waals surface area (Å²) in [5, 5.41) is -0.0425. The molecule has 1 aromatic carbocycles. The molecule has 1 fully saturated rings. The normalized spacial score (nSPS) is 17.5. The van der Waals surface area contributed by atoms with E-state index in [1.54, 1.807) is 0 Å². The van der Waals surface area contributed by atoms with Crippen LogP contribution in [0.1, 0.15) is 18.4 Å². The number of hydrogen-bond donors (Lipinski definition) is 0. The van der Waals surface area contributed by atoms with E-state index in [0.717, 1.165) is 12.8 Å². The zero-order valence-electron chi connectivity index (χ0n) is 9.20. The summed E-state index contributed by atoms with van der Waals surface area (Å²) in [6, 6.07) is 4.01. The zero-order chi connectivity index (χ0) is 12.5. The molecule has 0 unspecified atom stereocenters. The SMILES string of the molecule is O=S(=O)(Cc1ccc(F)c(Cl)c1)N1CCCC1. The molecule has 1 aliphatic rings. The predicted octanol–water partition coefficient (Wildman–Crippen LogP) is 2.40. The summed E-state index contributed by atoms with van der Waals surface area (Å²) < 4.78 is 38.4. The highest BCUT2D eigenvalue weighted by atomic mass is 35.5. The van der Waals surface area contributed by atoms with Crippen molar-refractivity contribution in [3.05, 3.63) is 34.6 Å². The van der Waals surface area contributed by atoms with Gasteiger partial charge in [-0.15, -0.1) is 0 Å². The first-order valence-electron chi connectivity index (χ1n) is 5.41. The van der Waals surface area contributed by atoms with Crippen molar-refractivity contribution in [2.45, 2.75) is 18.6 Å². The third-order valence-corrected chi connectivity index (χ3v) is 4.93. The summed E-state index contributed by atoms with van der Waals surface area (Å²) in [6.07, 6.45) is 1.81. The van der Waals surface area contributed by atoms with Crippen LogP contribution in [0, 0.1) is 5.82 Å². The first-order chi connectivity index (χ1) is 7.99. The molecule has 0 saturated carbocycles. The molecule has 0 spiro atoms. The smallest absolute Gasteiger partial charge is 0.212 e. The van der Waals surface area contributed by atoms with Gasteiger partial charge in [0.1, 0.15) is 5.82 Å². The van der Waals surface area contributed by atoms with Crippen molar-refractivity contribution in [3.63, 3.8) is 0 Å². The molecule has 1 aliphatic heterocycles. The van der Waals surface area contributed by atoms with Crippen molar-refractivity contribution in [3.8, 4) is 0 Å². The van der Waals surface area contributed by atoms with E-state index in [1.165, 1.54) is 22.5 Å². The van der Waals surface area contributed by atoms with Gasteiger partial charge in [0, 0.05) is 13.1 Å². The quantitative estimate of drug-likeness (QED) is 0.851. The van der Waals surface area contributed by atoms with Crippen molar-refractivity contribution in [1.29, 1.82) is 0 Å². The van der Waals surface area contributed by atoms with Gasteiger partial charge in [-0.3, -0.25) is 0 Å². The van der Waals surface area contributed by atoms with Crippen LogP contribution >= 0.6 is 11.6 Å². The maximum atomic E-state index is 12.9. The van der Waals surface area contributed by atoms with Crippen LogP contribution < -0.4 is 0 Å². The minimum Gasteiger partial charge on any atom is -0.212 e. The molecule has 0 bridgehead atoms. The minimum atomic E-state index is -3.29. The Bertz CT molecular complexity index is 512. The van der Waals surface area contributed by atoms with Gasteiger partial charge in [-0.25, -0.2) is 17.1 Å². The highest BCUT2D eigenvalue weighted by Crippen LogP contribution is 2.20. The maximum Gasteiger partial charge on any atom is 0.218 e. The van der Waals surface area contributed by atoms with E-state index in [4.69, 9.17) is 11.6 Å². The Hall–Kier alpha value is -0.650. The Labute approximate surface area is 105 Å². The average molecular weight is 278 g/mol. The lowest BCUT2D eigenvalue weighted by Crippen LogP contribution is -2.29. The highest BCUT2D eigenvalue weighted by molar-refractivity contribution is 7.88. The Kier molecular flexibility index (Phi) is 3.70. The van der Waals surface area contributed by atoms with E-state index in [-0.39, 0.29) is 10.8 Å². The van der Waals surface area contributed by atoms with Crippen molar-refractivity contribution in [2.24, 2.45) is 0 Å². The molecule has 0 aliphatic carbocycles. The number of hydrogen-bond acceptors (Lipinski definition) is 2. The minimum absolute atomic E-state index is 0.0425. The Morgan fingerprint density at radius 2 is 1.94 bits per heavy atom. The molecular formula is C11H13ClFNO2S. The fraction of sp³-hybridized carbons (Fsp3) is 0.455. The Morgan fingerprint density at radius 3 is 2.53 bits per heavy atom. The van der Waals surface area contributed by atoms with Crippen LogP contribution in [0.15, 0.2) is 18.2 Å². The topological polar surface area (TPSA) is 37.4 Å². The van der Waals surface area contributed by atoms with Crippen LogP contribution in [0.2, 0.25) is 5.02 Å². The summed E-state index contributed by atoms with van der Waals surface area (Å²) in [5.41, 5.74) is 0.517. The maximum absolute atomic E-state index is 12.9. The summed E-state index contributed by atoms with van der Waals surface area (Å²) in [4.78, 5) is 0. The number of nitrogens with zero attached hydrogens (tertiary/aromatic N) is 1. The fourth-order valence-electron chi connectivity index (χ4n) is 1.90. The molecule has 17 heavy (non-hydrogen) atoms. The molecule has 1 saturated heterocycles. The molecule has 1 aromatic rings. The summed E-state index contributed by atoms with van der Waals surface area (Å²) in [6.45, 7) is 1.16. The van der Waals surface area contributed by atoms with Gasteiger partial charge >= 0.3 is 0 Å². The Morgan fingerprint density at radius 1 is 1.29 bits per heavy atom. The standard InChI is InChI=1S/C11H13ClFNO2S/c12-10-7-9(3-4-11(10)13)8-17(15,16)14-5-1-2-6-14/h3-4,7H,1-2,5-6,8H2. The van der Waals surface area contributed by atoms with Crippen LogP contribution in [0.5, 0.6) is 0 Å². The van der Waals surface area contributed by atoms with Gasteiger partial charge in [-0.05, 0) is 30.5 Å². The first-order valence-corrected chi connectivity index (χ1v) is 7.39. The molecule has 2 rings (SSSR count). The molecule has 94 valence electrons. The van der Waals surface area contributed by atoms with Gasteiger partial charge in [0.25, 0.3) is 0 Å². The number of rotatable bonds is 3. The molecule has 0 amide bonds. The van der Waals surface area contributed by atoms with Crippen LogP contribution in [0.3, 0.4) is 0 Å². The largest absolute Gasteiger partial charge is 0.218 e. The Balaban J connectivity index is 2.17. The monoisotopic (exact) mass is 277 g/mol. The lowest BCUT2D eigenvalue weighted by Gasteiger charge is -2.15. The van der Waals surface area contributed by atoms with E-state index in [9.17, 15) is 12.8 Å². The van der Waals surface area contributed by atoms with Gasteiger partial charge in [0.05, 0.1) is 10.8 Å². The first kappa shape index (κ1) is 12.8. The highest BCUT2D eigenvalue weighted by Gasteiger charge is 2.25. The second kappa shape index (κ2) is 4.92. The average Bonchev–Trinajstić information content (AvgIpc) is 2.77. The van der Waals surface area contributed by atoms with Gasteiger partial charge in [0.15, 0.2) is 0 Å². The summed E-state index contributed by atoms with van der Waals surface area (Å²) in [7, 11) is -3.29. The zero-order valence-corrected chi connectivity index (χ0v) is 10.8. The second-order valence-electron chi connectivity index (χ2n) is 4.11. The summed E-state index contributed by atoms with van der Waals surface area (Å²) >= 11 is 5.62. The van der Waals surface area contributed by atoms with Gasteiger partial charge in [0.2, 0.25) is 10.0 Å².